The van der Waals surface area contributed by atoms with Crippen molar-refractivity contribution >= 4 is 12.2 Å². The van der Waals surface area contributed by atoms with E-state index in [2.05, 4.69) is 20.7 Å². The molecule has 0 saturated carbocycles. The molecule has 0 fully saturated rings. The minimum absolute atomic E-state index is 0.403. The van der Waals surface area contributed by atoms with Gasteiger partial charge in [0.2, 0.25) is 4.77 Å². The molecule has 2 aromatic heterocycles. The molecule has 2 rings (SSSR count). The topological polar surface area (TPSA) is 72.5 Å². The average Bonchev–Trinajstić information content (AvgIpc) is 2.64. The predicted octanol–water partition coefficient (Wildman–Crippen LogP) is 0.680. The van der Waals surface area contributed by atoms with Gasteiger partial charge in [-0.25, -0.2) is 4.68 Å². The van der Waals surface area contributed by atoms with E-state index >= 15 is 0 Å². The highest BCUT2D eigenvalue weighted by molar-refractivity contribution is 7.71. The molecule has 0 saturated heterocycles. The molecule has 0 bridgehead atoms. The number of nitrogens with one attached hydrogen (secondary N) is 1. The molecule has 1 N–H and O–H groups in total. The Kier molecular flexibility index (Phi) is 1.93. The van der Waals surface area contributed by atoms with Gasteiger partial charge in [0.15, 0.2) is 0 Å². The molecular weight excluding hydrogens is 190 g/mol. The number of hydrogen-bond donors (Lipinski definition) is 1. The van der Waals surface area contributed by atoms with Gasteiger partial charge in [0.05, 0.1) is 6.54 Å². The summed E-state index contributed by atoms with van der Waals surface area (Å²) >= 11 is 4.89. The molecule has 0 aliphatic rings. The van der Waals surface area contributed by atoms with Crippen LogP contribution in [-0.2, 0) is 6.54 Å². The summed E-state index contributed by atoms with van der Waals surface area (Å²) in [5.41, 5.74) is 0.791. The molecule has 7 heteroatoms. The first kappa shape index (κ1) is 8.11. The Bertz CT molecular complexity index is 455. The molecule has 0 radical (unpaired) electrons. The fourth-order valence-corrected chi connectivity index (χ4v) is 1.12. The van der Waals surface area contributed by atoms with Crippen molar-refractivity contribution in [1.82, 2.24) is 25.4 Å². The molecule has 0 aromatic carbocycles. The maximum Gasteiger partial charge on any atom is 0.238 e. The normalized spacial score (nSPS) is 10.5. The van der Waals surface area contributed by atoms with Crippen molar-refractivity contribution in [3.63, 3.8) is 0 Å². The van der Waals surface area contributed by atoms with E-state index in [0.29, 0.717) is 11.3 Å². The molecule has 6 nitrogen and oxygen atoms in total. The third-order valence-electron chi connectivity index (χ3n) is 1.53. The predicted molar refractivity (Wildman–Crippen MR) is 45.5 cm³/mol. The number of aromatic nitrogens is 5. The molecule has 0 aliphatic heterocycles. The molecule has 13 heavy (non-hydrogen) atoms. The summed E-state index contributed by atoms with van der Waals surface area (Å²) in [5, 5.41) is 13.6. The van der Waals surface area contributed by atoms with E-state index in [1.165, 1.54) is 0 Å². The number of tetrazole rings is 1. The van der Waals surface area contributed by atoms with Gasteiger partial charge in [-0.3, -0.25) is 0 Å². The van der Waals surface area contributed by atoms with Crippen LogP contribution >= 0.6 is 12.2 Å². The Labute approximate surface area is 78.5 Å². The Morgan fingerprint density at radius 1 is 1.69 bits per heavy atom. The lowest BCUT2D eigenvalue weighted by atomic mass is 10.4. The van der Waals surface area contributed by atoms with Crippen molar-refractivity contribution in [2.75, 3.05) is 0 Å². The number of rotatable bonds is 2. The van der Waals surface area contributed by atoms with Gasteiger partial charge in [-0.15, -0.1) is 0 Å². The molecule has 2 heterocycles. The highest BCUT2D eigenvalue weighted by atomic mass is 32.1. The zero-order chi connectivity index (χ0) is 9.26. The largest absolute Gasteiger partial charge is 0.361 e. The molecule has 68 valence electrons. The third-order valence-corrected chi connectivity index (χ3v) is 1.83. The molecule has 0 amide bonds. The SMILES string of the molecule is Cc1cc(Cn2[nH]nnc2=S)no1. The lowest BCUT2D eigenvalue weighted by Gasteiger charge is -1.93. The van der Waals surface area contributed by atoms with Crippen LogP contribution < -0.4 is 0 Å². The highest BCUT2D eigenvalue weighted by Crippen LogP contribution is 2.02. The smallest absolute Gasteiger partial charge is 0.238 e. The first-order valence-electron chi connectivity index (χ1n) is 3.66. The Morgan fingerprint density at radius 3 is 3.08 bits per heavy atom. The van der Waals surface area contributed by atoms with Gasteiger partial charge in [-0.05, 0) is 19.1 Å². The van der Waals surface area contributed by atoms with E-state index in [1.807, 2.05) is 13.0 Å². The van der Waals surface area contributed by atoms with E-state index in [1.54, 1.807) is 4.68 Å². The molecule has 0 unspecified atom stereocenters. The number of H-pyrrole nitrogens is 1. The van der Waals surface area contributed by atoms with E-state index in [-0.39, 0.29) is 0 Å². The molecule has 0 aliphatic carbocycles. The van der Waals surface area contributed by atoms with Crippen molar-refractivity contribution in [2.45, 2.75) is 13.5 Å². The van der Waals surface area contributed by atoms with Crippen molar-refractivity contribution in [2.24, 2.45) is 0 Å². The molecule has 2 aromatic rings. The second-order valence-electron chi connectivity index (χ2n) is 2.60. The summed E-state index contributed by atoms with van der Waals surface area (Å²) in [6, 6.07) is 1.84. The number of nitrogens with zero attached hydrogens (tertiary/aromatic N) is 4. The van der Waals surface area contributed by atoms with E-state index in [0.717, 1.165) is 11.5 Å². The van der Waals surface area contributed by atoms with Crippen LogP contribution in [-0.4, -0.2) is 25.4 Å². The lowest BCUT2D eigenvalue weighted by molar-refractivity contribution is 0.387. The van der Waals surface area contributed by atoms with Crippen LogP contribution in [0.3, 0.4) is 0 Å². The molecular formula is C6H7N5OS. The van der Waals surface area contributed by atoms with Crippen LogP contribution in [0.4, 0.5) is 0 Å². The quantitative estimate of drug-likeness (QED) is 0.717. The average molecular weight is 197 g/mol. The Hall–Kier alpha value is -1.50. The minimum Gasteiger partial charge on any atom is -0.361 e. The number of aryl methyl sites for hydroxylation is 1. The standard InChI is InChI=1S/C6H7N5OS/c1-4-2-5(8-12-4)3-11-6(13)7-9-10-11/h2H,3H2,1H3,(H,7,10,13). The zero-order valence-corrected chi connectivity index (χ0v) is 7.71. The summed E-state index contributed by atoms with van der Waals surface area (Å²) in [4.78, 5) is 0. The van der Waals surface area contributed by atoms with Crippen molar-refractivity contribution in [1.29, 1.82) is 0 Å². The van der Waals surface area contributed by atoms with Crippen molar-refractivity contribution < 1.29 is 4.52 Å². The van der Waals surface area contributed by atoms with Crippen LogP contribution in [0, 0.1) is 11.7 Å². The van der Waals surface area contributed by atoms with E-state index in [9.17, 15) is 0 Å². The lowest BCUT2D eigenvalue weighted by Crippen LogP contribution is -2.02. The first-order valence-corrected chi connectivity index (χ1v) is 4.06. The first-order chi connectivity index (χ1) is 6.25. The number of hydrogen-bond acceptors (Lipinski definition) is 5. The Morgan fingerprint density at radius 2 is 2.54 bits per heavy atom. The maximum atomic E-state index is 4.90. The van der Waals surface area contributed by atoms with Crippen LogP contribution in [0.15, 0.2) is 10.6 Å². The van der Waals surface area contributed by atoms with Gasteiger partial charge in [-0.2, -0.15) is 5.21 Å². The van der Waals surface area contributed by atoms with E-state index in [4.69, 9.17) is 16.7 Å². The minimum atomic E-state index is 0.403. The van der Waals surface area contributed by atoms with Gasteiger partial charge >= 0.3 is 0 Å². The maximum absolute atomic E-state index is 4.90. The summed E-state index contributed by atoms with van der Waals surface area (Å²) in [7, 11) is 0. The zero-order valence-electron chi connectivity index (χ0n) is 6.89. The Balaban J connectivity index is 2.24. The van der Waals surface area contributed by atoms with Gasteiger partial charge in [0.1, 0.15) is 11.5 Å². The fourth-order valence-electron chi connectivity index (χ4n) is 0.973. The van der Waals surface area contributed by atoms with Crippen LogP contribution in [0.1, 0.15) is 11.5 Å². The summed E-state index contributed by atoms with van der Waals surface area (Å²) < 4.78 is 6.91. The van der Waals surface area contributed by atoms with Crippen LogP contribution in [0.5, 0.6) is 0 Å². The van der Waals surface area contributed by atoms with Gasteiger partial charge in [0.25, 0.3) is 0 Å². The van der Waals surface area contributed by atoms with Gasteiger partial charge in [0, 0.05) is 6.07 Å². The molecule has 0 atom stereocenters. The van der Waals surface area contributed by atoms with E-state index < -0.39 is 0 Å². The monoisotopic (exact) mass is 197 g/mol. The number of aromatic amines is 1. The second kappa shape index (κ2) is 3.09. The van der Waals surface area contributed by atoms with Crippen LogP contribution in [0.25, 0.3) is 0 Å². The van der Waals surface area contributed by atoms with Gasteiger partial charge in [-0.1, -0.05) is 15.5 Å². The van der Waals surface area contributed by atoms with Crippen molar-refractivity contribution in [3.05, 3.63) is 22.3 Å². The van der Waals surface area contributed by atoms with Crippen molar-refractivity contribution in [3.8, 4) is 0 Å². The summed E-state index contributed by atoms with van der Waals surface area (Å²) in [6.45, 7) is 2.34. The fraction of sp³-hybridized carbons (Fsp3) is 0.333. The second-order valence-corrected chi connectivity index (χ2v) is 2.96. The summed E-state index contributed by atoms with van der Waals surface area (Å²) in [6.07, 6.45) is 0. The highest BCUT2D eigenvalue weighted by Gasteiger charge is 2.02. The van der Waals surface area contributed by atoms with Crippen LogP contribution in [0.2, 0.25) is 0 Å². The van der Waals surface area contributed by atoms with Gasteiger partial charge < -0.3 is 4.52 Å². The third kappa shape index (κ3) is 1.64. The summed E-state index contributed by atoms with van der Waals surface area (Å²) in [5.74, 6) is 0.772. The molecule has 0 spiro atoms.